The van der Waals surface area contributed by atoms with Crippen molar-refractivity contribution in [2.24, 2.45) is 10.8 Å². The van der Waals surface area contributed by atoms with Crippen LogP contribution < -0.4 is 0 Å². The van der Waals surface area contributed by atoms with Gasteiger partial charge in [-0.05, 0) is 49.4 Å². The van der Waals surface area contributed by atoms with E-state index in [1.165, 1.54) is 141 Å². The van der Waals surface area contributed by atoms with Gasteiger partial charge in [-0.25, -0.2) is 0 Å². The van der Waals surface area contributed by atoms with Crippen LogP contribution in [0.4, 0.5) is 0 Å². The topological polar surface area (TPSA) is 80.9 Å². The van der Waals surface area contributed by atoms with Gasteiger partial charge in [-0.2, -0.15) is 0 Å². The summed E-state index contributed by atoms with van der Waals surface area (Å²) in [6.07, 6.45) is 36.8. The van der Waals surface area contributed by atoms with Crippen molar-refractivity contribution >= 4 is 0 Å². The maximum absolute atomic E-state index is 10.2. The zero-order valence-electron chi connectivity index (χ0n) is 26.8. The lowest BCUT2D eigenvalue weighted by Gasteiger charge is -2.52. The molecular formula is C36H72O4. The first kappa shape index (κ1) is 37.9. The first-order chi connectivity index (χ1) is 19.7. The molecule has 240 valence electrons. The summed E-state index contributed by atoms with van der Waals surface area (Å²) in [5, 5.41) is 40.6. The lowest BCUT2D eigenvalue weighted by atomic mass is 9.53. The highest BCUT2D eigenvalue weighted by molar-refractivity contribution is 4.98. The molecule has 0 spiro atoms. The summed E-state index contributed by atoms with van der Waals surface area (Å²) in [4.78, 5) is 0. The third-order valence-electron chi connectivity index (χ3n) is 10.5. The highest BCUT2D eigenvalue weighted by Crippen LogP contribution is 2.56. The summed E-state index contributed by atoms with van der Waals surface area (Å²) in [7, 11) is 0. The lowest BCUT2D eigenvalue weighted by Crippen LogP contribution is -2.45. The Labute approximate surface area is 250 Å². The van der Waals surface area contributed by atoms with Gasteiger partial charge in [0, 0.05) is 26.4 Å². The van der Waals surface area contributed by atoms with Gasteiger partial charge >= 0.3 is 0 Å². The van der Waals surface area contributed by atoms with E-state index in [9.17, 15) is 20.4 Å². The Balaban J connectivity index is 2.76. The summed E-state index contributed by atoms with van der Waals surface area (Å²) in [6, 6.07) is 0. The molecule has 0 saturated heterocycles. The van der Waals surface area contributed by atoms with Crippen LogP contribution in [0.15, 0.2) is 0 Å². The molecule has 1 aliphatic carbocycles. The minimum atomic E-state index is -0.218. The van der Waals surface area contributed by atoms with Gasteiger partial charge in [-0.3, -0.25) is 0 Å². The van der Waals surface area contributed by atoms with Gasteiger partial charge in [0.25, 0.3) is 0 Å². The van der Waals surface area contributed by atoms with Crippen molar-refractivity contribution in [3.63, 3.8) is 0 Å². The zero-order chi connectivity index (χ0) is 29.0. The van der Waals surface area contributed by atoms with Crippen LogP contribution in [0.25, 0.3) is 0 Å². The van der Waals surface area contributed by atoms with E-state index >= 15 is 0 Å². The molecule has 1 rings (SSSR count). The van der Waals surface area contributed by atoms with E-state index in [0.29, 0.717) is 25.7 Å². The van der Waals surface area contributed by atoms with Crippen LogP contribution in [0.1, 0.15) is 193 Å². The van der Waals surface area contributed by atoms with Gasteiger partial charge in [0.15, 0.2) is 0 Å². The number of hydrogen-bond donors (Lipinski definition) is 4. The molecule has 0 heterocycles. The van der Waals surface area contributed by atoms with Gasteiger partial charge in [0.2, 0.25) is 0 Å². The predicted molar refractivity (Wildman–Crippen MR) is 172 cm³/mol. The molecule has 0 aliphatic heterocycles. The van der Waals surface area contributed by atoms with Gasteiger partial charge in [0.1, 0.15) is 0 Å². The molecule has 1 fully saturated rings. The van der Waals surface area contributed by atoms with Crippen LogP contribution in [0.3, 0.4) is 0 Å². The van der Waals surface area contributed by atoms with E-state index in [0.717, 1.165) is 25.7 Å². The zero-order valence-corrected chi connectivity index (χ0v) is 26.8. The summed E-state index contributed by atoms with van der Waals surface area (Å²) in [5.41, 5.74) is -0.435. The molecule has 0 amide bonds. The molecule has 1 aliphatic rings. The molecular weight excluding hydrogens is 496 g/mol. The van der Waals surface area contributed by atoms with Crippen molar-refractivity contribution < 1.29 is 20.4 Å². The van der Waals surface area contributed by atoms with E-state index in [1.54, 1.807) is 0 Å². The normalized spacial score (nSPS) is 23.1. The van der Waals surface area contributed by atoms with Crippen molar-refractivity contribution in [1.29, 1.82) is 0 Å². The van der Waals surface area contributed by atoms with E-state index in [1.807, 2.05) is 0 Å². The fourth-order valence-electron chi connectivity index (χ4n) is 8.01. The van der Waals surface area contributed by atoms with Crippen LogP contribution in [0, 0.1) is 10.8 Å². The van der Waals surface area contributed by atoms with Crippen LogP contribution in [0.2, 0.25) is 0 Å². The number of hydrogen-bond acceptors (Lipinski definition) is 4. The van der Waals surface area contributed by atoms with Crippen molar-refractivity contribution in [3.8, 4) is 0 Å². The molecule has 4 N–H and O–H groups in total. The lowest BCUT2D eigenvalue weighted by molar-refractivity contribution is -0.0601. The van der Waals surface area contributed by atoms with Gasteiger partial charge in [0.05, 0.1) is 0 Å². The van der Waals surface area contributed by atoms with Crippen LogP contribution in [-0.4, -0.2) is 46.9 Å². The van der Waals surface area contributed by atoms with Crippen molar-refractivity contribution in [2.75, 3.05) is 26.4 Å². The molecule has 0 aromatic heterocycles. The third-order valence-corrected chi connectivity index (χ3v) is 10.5. The molecule has 0 aromatic rings. The molecule has 0 aromatic carbocycles. The molecule has 0 unspecified atom stereocenters. The smallest absolute Gasteiger partial charge is 0.0436 e. The van der Waals surface area contributed by atoms with Gasteiger partial charge < -0.3 is 20.4 Å². The summed E-state index contributed by atoms with van der Waals surface area (Å²) in [6.45, 7) is 0.439. The first-order valence-electron chi connectivity index (χ1n) is 18.1. The van der Waals surface area contributed by atoms with E-state index < -0.39 is 0 Å². The molecule has 4 heteroatoms. The van der Waals surface area contributed by atoms with Crippen LogP contribution in [0.5, 0.6) is 0 Å². The predicted octanol–water partition coefficient (Wildman–Crippen LogP) is 9.64. The fourth-order valence-corrected chi connectivity index (χ4v) is 8.01. The van der Waals surface area contributed by atoms with Gasteiger partial charge in [-0.1, -0.05) is 154 Å². The van der Waals surface area contributed by atoms with Crippen molar-refractivity contribution in [1.82, 2.24) is 0 Å². The highest BCUT2D eigenvalue weighted by atomic mass is 16.3. The van der Waals surface area contributed by atoms with Crippen LogP contribution in [-0.2, 0) is 0 Å². The minimum Gasteiger partial charge on any atom is -0.396 e. The second-order valence-electron chi connectivity index (χ2n) is 13.4. The highest BCUT2D eigenvalue weighted by Gasteiger charge is 2.48. The molecule has 4 nitrogen and oxygen atoms in total. The molecule has 0 radical (unpaired) electrons. The molecule has 0 bridgehead atoms. The summed E-state index contributed by atoms with van der Waals surface area (Å²) < 4.78 is 0. The third kappa shape index (κ3) is 16.5. The molecule has 0 atom stereocenters. The van der Waals surface area contributed by atoms with E-state index in [2.05, 4.69) is 0 Å². The summed E-state index contributed by atoms with van der Waals surface area (Å²) >= 11 is 0. The summed E-state index contributed by atoms with van der Waals surface area (Å²) in [5.74, 6) is 0. The number of aliphatic hydroxyl groups excluding tert-OH is 4. The largest absolute Gasteiger partial charge is 0.396 e. The minimum absolute atomic E-state index is 0.110. The average Bonchev–Trinajstić information content (AvgIpc) is 2.94. The monoisotopic (exact) mass is 569 g/mol. The molecule has 40 heavy (non-hydrogen) atoms. The Hall–Kier alpha value is -0.160. The van der Waals surface area contributed by atoms with Crippen molar-refractivity contribution in [3.05, 3.63) is 0 Å². The Morgan fingerprint density at radius 1 is 0.250 bits per heavy atom. The number of rotatable bonds is 8. The van der Waals surface area contributed by atoms with E-state index in [-0.39, 0.29) is 37.3 Å². The standard InChI is InChI=1S/C36H72O4/c37-31-27-35(28-32-38)25-23-21-19-17-15-13-11-9-7-5-3-1-2-4-6-8-10-12-14-16-18-20-22-24-26-36(35,29-33-39)30-34-40/h37-40H,1-34H2. The molecule has 1 saturated carbocycles. The SMILES string of the molecule is OCCC1(CCO)CCCCCCCCCCCCCCCCCCCCCCCCCCC1(CCO)CCO. The van der Waals surface area contributed by atoms with Gasteiger partial charge in [-0.15, -0.1) is 0 Å². The Kier molecular flexibility index (Phi) is 25.1. The maximum Gasteiger partial charge on any atom is 0.0436 e. The van der Waals surface area contributed by atoms with Crippen molar-refractivity contribution in [2.45, 2.75) is 193 Å². The Morgan fingerprint density at radius 2 is 0.400 bits per heavy atom. The Bertz CT molecular complexity index is 465. The van der Waals surface area contributed by atoms with Crippen LogP contribution >= 0.6 is 0 Å². The average molecular weight is 569 g/mol. The first-order valence-corrected chi connectivity index (χ1v) is 18.1. The quantitative estimate of drug-likeness (QED) is 0.235. The van der Waals surface area contributed by atoms with E-state index in [4.69, 9.17) is 0 Å². The Morgan fingerprint density at radius 3 is 0.550 bits per heavy atom. The second kappa shape index (κ2) is 26.5. The fraction of sp³-hybridized carbons (Fsp3) is 1.00. The second-order valence-corrected chi connectivity index (χ2v) is 13.4. The number of aliphatic hydroxyl groups is 4. The maximum atomic E-state index is 10.2.